The van der Waals surface area contributed by atoms with E-state index in [0.29, 0.717) is 0 Å². The van der Waals surface area contributed by atoms with Crippen molar-refractivity contribution in [1.82, 2.24) is 0 Å². The molecule has 0 aliphatic carbocycles. The van der Waals surface area contributed by atoms with E-state index in [0.717, 1.165) is 19.4 Å². The lowest BCUT2D eigenvalue weighted by atomic mass is 10.0. The van der Waals surface area contributed by atoms with E-state index < -0.39 is 0 Å². The molecular weight excluding hydrogens is 275 g/mol. The first kappa shape index (κ1) is 10.9. The van der Waals surface area contributed by atoms with Crippen molar-refractivity contribution in [2.24, 2.45) is 11.5 Å². The van der Waals surface area contributed by atoms with Crippen LogP contribution in [0.5, 0.6) is 0 Å². The van der Waals surface area contributed by atoms with E-state index in [2.05, 4.69) is 34.7 Å². The summed E-state index contributed by atoms with van der Waals surface area (Å²) in [6.07, 6.45) is 1.96. The van der Waals surface area contributed by atoms with Crippen LogP contribution in [0.3, 0.4) is 0 Å². The monoisotopic (exact) mass is 290 g/mol. The third-order valence-electron chi connectivity index (χ3n) is 2.02. The Kier molecular flexibility index (Phi) is 4.69. The SMILES string of the molecule is NCCC[C@H](N)c1ccccc1I. The summed E-state index contributed by atoms with van der Waals surface area (Å²) in [4.78, 5) is 0. The van der Waals surface area contributed by atoms with E-state index in [1.165, 1.54) is 9.13 Å². The Labute approximate surface area is 92.8 Å². The van der Waals surface area contributed by atoms with Gasteiger partial charge in [0.25, 0.3) is 0 Å². The molecule has 2 nitrogen and oxygen atoms in total. The minimum atomic E-state index is 0.136. The second-order valence-electron chi connectivity index (χ2n) is 3.06. The largest absolute Gasteiger partial charge is 0.330 e. The summed E-state index contributed by atoms with van der Waals surface area (Å²) in [5.74, 6) is 0. The number of hydrogen-bond acceptors (Lipinski definition) is 2. The van der Waals surface area contributed by atoms with Gasteiger partial charge in [0.1, 0.15) is 0 Å². The van der Waals surface area contributed by atoms with E-state index in [1.54, 1.807) is 0 Å². The van der Waals surface area contributed by atoms with Gasteiger partial charge in [-0.15, -0.1) is 0 Å². The minimum Gasteiger partial charge on any atom is -0.330 e. The summed E-state index contributed by atoms with van der Waals surface area (Å²) < 4.78 is 1.24. The maximum Gasteiger partial charge on any atom is 0.0305 e. The van der Waals surface area contributed by atoms with Gasteiger partial charge in [0.05, 0.1) is 0 Å². The minimum absolute atomic E-state index is 0.136. The van der Waals surface area contributed by atoms with Gasteiger partial charge in [-0.2, -0.15) is 0 Å². The molecule has 1 atom stereocenters. The van der Waals surface area contributed by atoms with Crippen LogP contribution in [0, 0.1) is 3.57 Å². The second kappa shape index (κ2) is 5.57. The van der Waals surface area contributed by atoms with Gasteiger partial charge < -0.3 is 11.5 Å². The van der Waals surface area contributed by atoms with Crippen molar-refractivity contribution in [3.05, 3.63) is 33.4 Å². The molecular formula is C10H15IN2. The Morgan fingerprint density at radius 3 is 2.62 bits per heavy atom. The predicted molar refractivity (Wildman–Crippen MR) is 64.4 cm³/mol. The van der Waals surface area contributed by atoms with Gasteiger partial charge in [-0.05, 0) is 53.6 Å². The summed E-state index contributed by atoms with van der Waals surface area (Å²) in [5, 5.41) is 0. The van der Waals surface area contributed by atoms with Gasteiger partial charge in [-0.1, -0.05) is 18.2 Å². The van der Waals surface area contributed by atoms with Crippen molar-refractivity contribution >= 4 is 22.6 Å². The third-order valence-corrected chi connectivity index (χ3v) is 3.01. The predicted octanol–water partition coefficient (Wildman–Crippen LogP) is 2.03. The van der Waals surface area contributed by atoms with Crippen LogP contribution in [0.4, 0.5) is 0 Å². The lowest BCUT2D eigenvalue weighted by Crippen LogP contribution is -2.13. The zero-order valence-electron chi connectivity index (χ0n) is 7.54. The second-order valence-corrected chi connectivity index (χ2v) is 4.22. The molecule has 1 rings (SSSR count). The molecule has 3 heteroatoms. The zero-order chi connectivity index (χ0) is 9.68. The fourth-order valence-electron chi connectivity index (χ4n) is 1.27. The first-order valence-electron chi connectivity index (χ1n) is 4.45. The lowest BCUT2D eigenvalue weighted by Gasteiger charge is -2.12. The van der Waals surface area contributed by atoms with E-state index in [-0.39, 0.29) is 6.04 Å². The molecule has 0 aliphatic rings. The van der Waals surface area contributed by atoms with Crippen molar-refractivity contribution in [2.75, 3.05) is 6.54 Å². The van der Waals surface area contributed by atoms with Crippen LogP contribution in [0.1, 0.15) is 24.4 Å². The maximum absolute atomic E-state index is 6.02. The normalized spacial score (nSPS) is 12.8. The molecule has 1 aromatic carbocycles. The fraction of sp³-hybridized carbons (Fsp3) is 0.400. The van der Waals surface area contributed by atoms with E-state index >= 15 is 0 Å². The average Bonchev–Trinajstić information content (AvgIpc) is 2.15. The zero-order valence-corrected chi connectivity index (χ0v) is 9.70. The number of nitrogens with two attached hydrogens (primary N) is 2. The smallest absolute Gasteiger partial charge is 0.0305 e. The van der Waals surface area contributed by atoms with Crippen LogP contribution >= 0.6 is 22.6 Å². The molecule has 0 radical (unpaired) electrons. The molecule has 0 spiro atoms. The molecule has 0 saturated carbocycles. The number of benzene rings is 1. The van der Waals surface area contributed by atoms with Crippen LogP contribution < -0.4 is 11.5 Å². The van der Waals surface area contributed by atoms with E-state index in [9.17, 15) is 0 Å². The number of hydrogen-bond donors (Lipinski definition) is 2. The van der Waals surface area contributed by atoms with Gasteiger partial charge in [0.15, 0.2) is 0 Å². The first-order chi connectivity index (χ1) is 6.25. The molecule has 0 heterocycles. The molecule has 0 fully saturated rings. The van der Waals surface area contributed by atoms with Gasteiger partial charge in [0, 0.05) is 9.61 Å². The molecule has 1 aromatic rings. The topological polar surface area (TPSA) is 52.0 Å². The highest BCUT2D eigenvalue weighted by Crippen LogP contribution is 2.20. The quantitative estimate of drug-likeness (QED) is 0.834. The Hall–Kier alpha value is -0.130. The van der Waals surface area contributed by atoms with Crippen LogP contribution in [0.2, 0.25) is 0 Å². The molecule has 0 saturated heterocycles. The van der Waals surface area contributed by atoms with E-state index in [4.69, 9.17) is 11.5 Å². The van der Waals surface area contributed by atoms with Crippen LogP contribution in [-0.4, -0.2) is 6.54 Å². The van der Waals surface area contributed by atoms with Crippen LogP contribution in [-0.2, 0) is 0 Å². The van der Waals surface area contributed by atoms with Crippen molar-refractivity contribution in [1.29, 1.82) is 0 Å². The maximum atomic E-state index is 6.02. The summed E-state index contributed by atoms with van der Waals surface area (Å²) in [6, 6.07) is 8.36. The Balaban J connectivity index is 2.65. The third kappa shape index (κ3) is 3.25. The molecule has 0 aromatic heterocycles. The molecule has 72 valence electrons. The van der Waals surface area contributed by atoms with Gasteiger partial charge in [-0.25, -0.2) is 0 Å². The molecule has 4 N–H and O–H groups in total. The molecule has 13 heavy (non-hydrogen) atoms. The Morgan fingerprint density at radius 1 is 1.31 bits per heavy atom. The summed E-state index contributed by atoms with van der Waals surface area (Å²) in [6.45, 7) is 0.719. The van der Waals surface area contributed by atoms with Crippen LogP contribution in [0.25, 0.3) is 0 Å². The van der Waals surface area contributed by atoms with Crippen molar-refractivity contribution in [3.8, 4) is 0 Å². The molecule has 0 aliphatic heterocycles. The number of halogens is 1. The summed E-state index contributed by atoms with van der Waals surface area (Å²) in [5.41, 5.74) is 12.7. The molecule has 0 unspecified atom stereocenters. The molecule has 0 bridgehead atoms. The summed E-state index contributed by atoms with van der Waals surface area (Å²) in [7, 11) is 0. The standard InChI is InChI=1S/C10H15IN2/c11-9-5-2-1-4-8(9)10(13)6-3-7-12/h1-2,4-5,10H,3,6-7,12-13H2/t10-/m0/s1. The van der Waals surface area contributed by atoms with Crippen LogP contribution in [0.15, 0.2) is 24.3 Å². The first-order valence-corrected chi connectivity index (χ1v) is 5.53. The average molecular weight is 290 g/mol. The lowest BCUT2D eigenvalue weighted by molar-refractivity contribution is 0.616. The number of rotatable bonds is 4. The van der Waals surface area contributed by atoms with Gasteiger partial charge in [0.2, 0.25) is 0 Å². The molecule has 0 amide bonds. The van der Waals surface area contributed by atoms with Crippen molar-refractivity contribution in [2.45, 2.75) is 18.9 Å². The van der Waals surface area contributed by atoms with Crippen molar-refractivity contribution in [3.63, 3.8) is 0 Å². The van der Waals surface area contributed by atoms with Gasteiger partial charge >= 0.3 is 0 Å². The van der Waals surface area contributed by atoms with E-state index in [1.807, 2.05) is 12.1 Å². The Bertz CT molecular complexity index is 263. The van der Waals surface area contributed by atoms with Gasteiger partial charge in [-0.3, -0.25) is 0 Å². The highest BCUT2D eigenvalue weighted by Gasteiger charge is 2.07. The Morgan fingerprint density at radius 2 is 2.00 bits per heavy atom. The fourth-order valence-corrected chi connectivity index (χ4v) is 2.06. The van der Waals surface area contributed by atoms with Crippen molar-refractivity contribution < 1.29 is 0 Å². The highest BCUT2D eigenvalue weighted by atomic mass is 127. The summed E-state index contributed by atoms with van der Waals surface area (Å²) >= 11 is 2.32. The highest BCUT2D eigenvalue weighted by molar-refractivity contribution is 14.1.